The first-order valence-electron chi connectivity index (χ1n) is 8.35. The van der Waals surface area contributed by atoms with Gasteiger partial charge in [0.25, 0.3) is 0 Å². The van der Waals surface area contributed by atoms with Crippen LogP contribution in [0.15, 0.2) is 48.8 Å². The van der Waals surface area contributed by atoms with Crippen LogP contribution in [0.3, 0.4) is 0 Å². The van der Waals surface area contributed by atoms with E-state index in [-0.39, 0.29) is 12.0 Å². The number of hydrogen-bond acceptors (Lipinski definition) is 4. The van der Waals surface area contributed by atoms with Crippen molar-refractivity contribution in [1.82, 2.24) is 9.88 Å². The Morgan fingerprint density at radius 1 is 1.21 bits per heavy atom. The largest absolute Gasteiger partial charge is 0.459 e. The van der Waals surface area contributed by atoms with Gasteiger partial charge in [-0.2, -0.15) is 0 Å². The highest BCUT2D eigenvalue weighted by Crippen LogP contribution is 2.26. The summed E-state index contributed by atoms with van der Waals surface area (Å²) < 4.78 is 5.66. The van der Waals surface area contributed by atoms with Gasteiger partial charge in [-0.15, -0.1) is 0 Å². The van der Waals surface area contributed by atoms with Crippen LogP contribution in [0.4, 0.5) is 0 Å². The number of nitrogens with zero attached hydrogens (tertiary/aromatic N) is 2. The Bertz CT molecular complexity index is 707. The minimum absolute atomic E-state index is 0.159. The van der Waals surface area contributed by atoms with Gasteiger partial charge < -0.3 is 4.74 Å². The maximum atomic E-state index is 12.7. The van der Waals surface area contributed by atoms with Crippen molar-refractivity contribution in [2.75, 3.05) is 0 Å². The number of carbonyl (C=O) groups is 1. The molecule has 1 aliphatic heterocycles. The molecule has 0 amide bonds. The third-order valence-electron chi connectivity index (χ3n) is 4.14. The van der Waals surface area contributed by atoms with Crippen molar-refractivity contribution >= 4 is 5.97 Å². The number of ether oxygens (including phenoxy) is 1. The zero-order valence-electron chi connectivity index (χ0n) is 14.5. The predicted octanol–water partition coefficient (Wildman–Crippen LogP) is 3.35. The minimum Gasteiger partial charge on any atom is -0.459 e. The molecule has 4 nitrogen and oxygen atoms in total. The molecule has 126 valence electrons. The SMILES string of the molecule is CC(C)(C)OC(=O)C1Cc2cnccc2CN1Cc1ccccc1. The van der Waals surface area contributed by atoms with Crippen molar-refractivity contribution in [3.63, 3.8) is 0 Å². The smallest absolute Gasteiger partial charge is 0.324 e. The van der Waals surface area contributed by atoms with Gasteiger partial charge in [0.15, 0.2) is 0 Å². The van der Waals surface area contributed by atoms with E-state index in [1.54, 1.807) is 0 Å². The lowest BCUT2D eigenvalue weighted by Gasteiger charge is -2.36. The number of fused-ring (bicyclic) bond motifs is 1. The molecule has 0 bridgehead atoms. The number of aromatic nitrogens is 1. The summed E-state index contributed by atoms with van der Waals surface area (Å²) in [5, 5.41) is 0. The molecule has 2 aromatic rings. The van der Waals surface area contributed by atoms with Gasteiger partial charge in [-0.3, -0.25) is 14.7 Å². The number of esters is 1. The molecule has 4 heteroatoms. The molecule has 0 spiro atoms. The maximum Gasteiger partial charge on any atom is 0.324 e. The van der Waals surface area contributed by atoms with E-state index in [2.05, 4.69) is 22.0 Å². The first-order valence-corrected chi connectivity index (χ1v) is 8.35. The molecular formula is C20H24N2O2. The van der Waals surface area contributed by atoms with Gasteiger partial charge in [0.1, 0.15) is 11.6 Å². The Hall–Kier alpha value is -2.20. The third-order valence-corrected chi connectivity index (χ3v) is 4.14. The molecule has 0 aliphatic carbocycles. The molecule has 0 N–H and O–H groups in total. The molecule has 1 atom stereocenters. The summed E-state index contributed by atoms with van der Waals surface area (Å²) in [6.45, 7) is 7.18. The zero-order valence-corrected chi connectivity index (χ0v) is 14.5. The molecule has 1 unspecified atom stereocenters. The monoisotopic (exact) mass is 324 g/mol. The fourth-order valence-electron chi connectivity index (χ4n) is 3.05. The molecule has 1 aromatic carbocycles. The quantitative estimate of drug-likeness (QED) is 0.812. The Morgan fingerprint density at radius 2 is 1.96 bits per heavy atom. The lowest BCUT2D eigenvalue weighted by molar-refractivity contribution is -0.162. The Kier molecular flexibility index (Phi) is 4.67. The molecule has 3 rings (SSSR count). The van der Waals surface area contributed by atoms with E-state index in [0.717, 1.165) is 18.7 Å². The van der Waals surface area contributed by atoms with E-state index in [9.17, 15) is 4.79 Å². The van der Waals surface area contributed by atoms with Crippen LogP contribution in [0.1, 0.15) is 37.5 Å². The Balaban J connectivity index is 1.86. The van der Waals surface area contributed by atoms with Gasteiger partial charge in [0.2, 0.25) is 0 Å². The average Bonchev–Trinajstić information content (AvgIpc) is 2.53. The van der Waals surface area contributed by atoms with Crippen molar-refractivity contribution in [3.8, 4) is 0 Å². The highest BCUT2D eigenvalue weighted by Gasteiger charge is 2.34. The Labute approximate surface area is 143 Å². The molecule has 0 fully saturated rings. The first-order chi connectivity index (χ1) is 11.4. The van der Waals surface area contributed by atoms with E-state index in [4.69, 9.17) is 4.74 Å². The summed E-state index contributed by atoms with van der Waals surface area (Å²) in [7, 11) is 0. The summed E-state index contributed by atoms with van der Waals surface area (Å²) in [5.41, 5.74) is 3.09. The number of hydrogen-bond donors (Lipinski definition) is 0. The lowest BCUT2D eigenvalue weighted by Crippen LogP contribution is -2.47. The summed E-state index contributed by atoms with van der Waals surface area (Å²) in [4.78, 5) is 19.1. The van der Waals surface area contributed by atoms with Crippen molar-refractivity contribution in [3.05, 3.63) is 65.5 Å². The van der Waals surface area contributed by atoms with Crippen molar-refractivity contribution in [2.24, 2.45) is 0 Å². The van der Waals surface area contributed by atoms with Crippen LogP contribution >= 0.6 is 0 Å². The number of benzene rings is 1. The van der Waals surface area contributed by atoms with Crippen LogP contribution in [0.5, 0.6) is 0 Å². The zero-order chi connectivity index (χ0) is 17.2. The standard InChI is InChI=1S/C20H24N2O2/c1-20(2,3)24-19(23)18-11-17-12-21-10-9-16(17)14-22(18)13-15-7-5-4-6-8-15/h4-10,12,18H,11,13-14H2,1-3H3. The number of pyridine rings is 1. The number of rotatable bonds is 3. The predicted molar refractivity (Wildman–Crippen MR) is 93.3 cm³/mol. The van der Waals surface area contributed by atoms with Crippen LogP contribution in [0.2, 0.25) is 0 Å². The van der Waals surface area contributed by atoms with E-state index < -0.39 is 5.60 Å². The van der Waals surface area contributed by atoms with Crippen LogP contribution in [-0.4, -0.2) is 27.5 Å². The molecule has 1 aromatic heterocycles. The van der Waals surface area contributed by atoms with Gasteiger partial charge >= 0.3 is 5.97 Å². The third kappa shape index (κ3) is 4.01. The molecule has 24 heavy (non-hydrogen) atoms. The van der Waals surface area contributed by atoms with E-state index in [1.165, 1.54) is 11.1 Å². The van der Waals surface area contributed by atoms with Crippen LogP contribution in [0, 0.1) is 0 Å². The Morgan fingerprint density at radius 3 is 2.67 bits per heavy atom. The normalized spacial score (nSPS) is 18.0. The second-order valence-corrected chi connectivity index (χ2v) is 7.29. The first kappa shape index (κ1) is 16.7. The second kappa shape index (κ2) is 6.73. The summed E-state index contributed by atoms with van der Waals surface area (Å²) in [5.74, 6) is -0.159. The molecular weight excluding hydrogens is 300 g/mol. The topological polar surface area (TPSA) is 42.4 Å². The molecule has 0 radical (unpaired) electrons. The summed E-state index contributed by atoms with van der Waals surface area (Å²) in [6, 6.07) is 12.0. The maximum absolute atomic E-state index is 12.7. The van der Waals surface area contributed by atoms with E-state index >= 15 is 0 Å². The fourth-order valence-corrected chi connectivity index (χ4v) is 3.05. The summed E-state index contributed by atoms with van der Waals surface area (Å²) >= 11 is 0. The lowest BCUT2D eigenvalue weighted by atomic mass is 9.95. The van der Waals surface area contributed by atoms with Crippen molar-refractivity contribution in [2.45, 2.75) is 51.9 Å². The van der Waals surface area contributed by atoms with Crippen LogP contribution < -0.4 is 0 Å². The second-order valence-electron chi connectivity index (χ2n) is 7.29. The van der Waals surface area contributed by atoms with Gasteiger partial charge in [-0.05, 0) is 43.5 Å². The van der Waals surface area contributed by atoms with Gasteiger partial charge in [0, 0.05) is 31.9 Å². The highest BCUT2D eigenvalue weighted by molar-refractivity contribution is 5.77. The van der Waals surface area contributed by atoms with E-state index in [0.29, 0.717) is 6.42 Å². The summed E-state index contributed by atoms with van der Waals surface area (Å²) in [6.07, 6.45) is 4.32. The van der Waals surface area contributed by atoms with Crippen LogP contribution in [0.25, 0.3) is 0 Å². The molecule has 0 saturated heterocycles. The fraction of sp³-hybridized carbons (Fsp3) is 0.400. The van der Waals surface area contributed by atoms with Crippen LogP contribution in [-0.2, 0) is 29.0 Å². The molecule has 2 heterocycles. The molecule has 0 saturated carbocycles. The highest BCUT2D eigenvalue weighted by atomic mass is 16.6. The minimum atomic E-state index is -0.481. The average molecular weight is 324 g/mol. The number of carbonyl (C=O) groups excluding carboxylic acids is 1. The van der Waals surface area contributed by atoms with Crippen molar-refractivity contribution in [1.29, 1.82) is 0 Å². The van der Waals surface area contributed by atoms with Gasteiger partial charge in [-0.25, -0.2) is 0 Å². The van der Waals surface area contributed by atoms with E-state index in [1.807, 2.05) is 57.4 Å². The van der Waals surface area contributed by atoms with Gasteiger partial charge in [0.05, 0.1) is 0 Å². The van der Waals surface area contributed by atoms with Crippen molar-refractivity contribution < 1.29 is 9.53 Å². The van der Waals surface area contributed by atoms with Gasteiger partial charge in [-0.1, -0.05) is 30.3 Å². The molecule has 1 aliphatic rings.